The second-order valence-corrected chi connectivity index (χ2v) is 11.0. The first-order valence-corrected chi connectivity index (χ1v) is 11.6. The number of aliphatic hydroxyl groups excluding tert-OH is 1. The molecule has 8 nitrogen and oxygen atoms in total. The largest absolute Gasteiger partial charge is 0.445 e. The van der Waals surface area contributed by atoms with E-state index in [0.717, 1.165) is 5.56 Å². The minimum atomic E-state index is -3.77. The van der Waals surface area contributed by atoms with Crippen LogP contribution in [0.5, 0.6) is 0 Å². The number of hydrogen-bond donors (Lipinski definition) is 1. The summed E-state index contributed by atoms with van der Waals surface area (Å²) < 4.78 is 37.3. The van der Waals surface area contributed by atoms with Gasteiger partial charge in [-0.1, -0.05) is 42.2 Å². The number of ether oxygens (including phenoxy) is 2. The van der Waals surface area contributed by atoms with Crippen LogP contribution in [0.3, 0.4) is 0 Å². The Balaban J connectivity index is 2.23. The molecule has 1 heterocycles. The fourth-order valence-corrected chi connectivity index (χ4v) is 4.86. The molecule has 0 unspecified atom stereocenters. The molecule has 172 valence electrons. The Morgan fingerprint density at radius 3 is 2.45 bits per heavy atom. The molecule has 31 heavy (non-hydrogen) atoms. The van der Waals surface area contributed by atoms with Crippen molar-refractivity contribution in [2.24, 2.45) is 0 Å². The predicted molar refractivity (Wildman–Crippen MR) is 118 cm³/mol. The molecule has 1 amide bonds. The number of carbonyl (C=O) groups excluding carboxylic acids is 1. The van der Waals surface area contributed by atoms with Gasteiger partial charge < -0.3 is 19.5 Å². The molecular formula is C22H32N2O6S. The van der Waals surface area contributed by atoms with Crippen molar-refractivity contribution in [2.45, 2.75) is 44.1 Å². The summed E-state index contributed by atoms with van der Waals surface area (Å²) in [6, 6.07) is 9.32. The molecule has 0 radical (unpaired) electrons. The topological polar surface area (TPSA) is 96.4 Å². The summed E-state index contributed by atoms with van der Waals surface area (Å²) in [4.78, 5) is 14.0. The molecule has 1 saturated heterocycles. The van der Waals surface area contributed by atoms with Gasteiger partial charge in [0.1, 0.15) is 18.8 Å². The second kappa shape index (κ2) is 10.5. The number of likely N-dealkylation sites (tertiary alicyclic amines) is 1. The number of benzene rings is 1. The first-order chi connectivity index (χ1) is 14.6. The van der Waals surface area contributed by atoms with E-state index >= 15 is 0 Å². The number of hydrogen-bond acceptors (Lipinski definition) is 6. The molecule has 0 aliphatic carbocycles. The Bertz CT molecular complexity index is 893. The van der Waals surface area contributed by atoms with E-state index in [9.17, 15) is 18.3 Å². The number of amides is 1. The minimum Gasteiger partial charge on any atom is -0.445 e. The van der Waals surface area contributed by atoms with Gasteiger partial charge in [-0.05, 0) is 32.8 Å². The third-order valence-electron chi connectivity index (χ3n) is 4.97. The van der Waals surface area contributed by atoms with Crippen LogP contribution in [-0.2, 0) is 26.1 Å². The van der Waals surface area contributed by atoms with Crippen molar-refractivity contribution < 1.29 is 27.8 Å². The van der Waals surface area contributed by atoms with Gasteiger partial charge in [0.25, 0.3) is 0 Å². The average Bonchev–Trinajstić information content (AvgIpc) is 2.69. The zero-order chi connectivity index (χ0) is 23.1. The van der Waals surface area contributed by atoms with Gasteiger partial charge in [-0.15, -0.1) is 0 Å². The fourth-order valence-electron chi connectivity index (χ4n) is 3.21. The van der Waals surface area contributed by atoms with Crippen LogP contribution in [0.4, 0.5) is 4.79 Å². The SMILES string of the molecule is COCC#CC1(N(CCCO)S(=O)(=O)C(C)(C)C)CN(C(=O)OCc2ccccc2)C1. The fraction of sp³-hybridized carbons (Fsp3) is 0.591. The Morgan fingerprint density at radius 2 is 1.90 bits per heavy atom. The molecule has 1 aliphatic heterocycles. The number of carbonyl (C=O) groups is 1. The highest BCUT2D eigenvalue weighted by Crippen LogP contribution is 2.35. The molecular weight excluding hydrogens is 420 g/mol. The minimum absolute atomic E-state index is 0.0814. The molecule has 0 spiro atoms. The highest BCUT2D eigenvalue weighted by molar-refractivity contribution is 7.90. The lowest BCUT2D eigenvalue weighted by Crippen LogP contribution is -2.73. The van der Waals surface area contributed by atoms with Crippen LogP contribution in [0.2, 0.25) is 0 Å². The summed E-state index contributed by atoms with van der Waals surface area (Å²) >= 11 is 0. The van der Waals surface area contributed by atoms with Crippen molar-refractivity contribution in [3.8, 4) is 11.8 Å². The van der Waals surface area contributed by atoms with E-state index in [1.807, 2.05) is 30.3 Å². The maximum Gasteiger partial charge on any atom is 0.410 e. The molecule has 0 atom stereocenters. The smallest absolute Gasteiger partial charge is 0.410 e. The van der Waals surface area contributed by atoms with Crippen LogP contribution >= 0.6 is 0 Å². The van der Waals surface area contributed by atoms with Crippen LogP contribution in [-0.4, -0.2) is 79.1 Å². The van der Waals surface area contributed by atoms with Gasteiger partial charge in [0.2, 0.25) is 10.0 Å². The third-order valence-corrected chi connectivity index (χ3v) is 7.63. The number of aliphatic hydroxyl groups is 1. The zero-order valence-corrected chi connectivity index (χ0v) is 19.4. The number of rotatable bonds is 8. The van der Waals surface area contributed by atoms with Gasteiger partial charge >= 0.3 is 6.09 Å². The highest BCUT2D eigenvalue weighted by atomic mass is 32.2. The third kappa shape index (κ3) is 5.98. The summed E-state index contributed by atoms with van der Waals surface area (Å²) in [5.74, 6) is 5.88. The first kappa shape index (κ1) is 25.1. The standard InChI is InChI=1S/C22H32N2O6S/c1-21(2,3)31(27,28)24(13-9-14-25)22(12-8-15-29-4)17-23(18-22)20(26)30-16-19-10-6-5-7-11-19/h5-7,10-11,25H,9,13-18H2,1-4H3. The predicted octanol–water partition coefficient (Wildman–Crippen LogP) is 1.84. The molecule has 1 aliphatic rings. The number of methoxy groups -OCH3 is 1. The average molecular weight is 453 g/mol. The Hall–Kier alpha value is -2.12. The van der Waals surface area contributed by atoms with Crippen LogP contribution < -0.4 is 0 Å². The number of sulfonamides is 1. The molecule has 1 N–H and O–H groups in total. The lowest BCUT2D eigenvalue weighted by atomic mass is 9.90. The summed E-state index contributed by atoms with van der Waals surface area (Å²) in [6.07, 6.45) is -0.259. The van der Waals surface area contributed by atoms with E-state index in [2.05, 4.69) is 11.8 Å². The van der Waals surface area contributed by atoms with E-state index in [1.165, 1.54) is 16.3 Å². The van der Waals surface area contributed by atoms with Gasteiger partial charge in [0, 0.05) is 20.3 Å². The molecule has 0 aromatic heterocycles. The van der Waals surface area contributed by atoms with Crippen molar-refractivity contribution in [1.82, 2.24) is 9.21 Å². The molecule has 9 heteroatoms. The normalized spacial score (nSPS) is 15.7. The molecule has 0 bridgehead atoms. The molecule has 2 rings (SSSR count). The van der Waals surface area contributed by atoms with Gasteiger partial charge in [0.05, 0.1) is 17.8 Å². The van der Waals surface area contributed by atoms with Crippen LogP contribution in [0.25, 0.3) is 0 Å². The lowest BCUT2D eigenvalue weighted by molar-refractivity contribution is 0.0128. The van der Waals surface area contributed by atoms with E-state index < -0.39 is 26.4 Å². The van der Waals surface area contributed by atoms with Crippen molar-refractivity contribution in [3.63, 3.8) is 0 Å². The van der Waals surface area contributed by atoms with E-state index in [0.29, 0.717) is 0 Å². The maximum absolute atomic E-state index is 13.3. The quantitative estimate of drug-likeness (QED) is 0.605. The summed E-state index contributed by atoms with van der Waals surface area (Å²) in [5, 5.41) is 9.31. The molecule has 1 aromatic rings. The van der Waals surface area contributed by atoms with Crippen LogP contribution in [0.15, 0.2) is 30.3 Å². The van der Waals surface area contributed by atoms with Crippen molar-refractivity contribution in [2.75, 3.05) is 40.0 Å². The summed E-state index contributed by atoms with van der Waals surface area (Å²) in [6.45, 7) is 5.25. The maximum atomic E-state index is 13.3. The van der Waals surface area contributed by atoms with E-state index in [4.69, 9.17) is 9.47 Å². The van der Waals surface area contributed by atoms with E-state index in [-0.39, 0.29) is 45.9 Å². The monoisotopic (exact) mass is 452 g/mol. The van der Waals surface area contributed by atoms with Gasteiger partial charge in [-0.2, -0.15) is 4.31 Å². The Morgan fingerprint density at radius 1 is 1.26 bits per heavy atom. The summed E-state index contributed by atoms with van der Waals surface area (Å²) in [5.41, 5.74) is -0.228. The van der Waals surface area contributed by atoms with E-state index in [1.54, 1.807) is 20.8 Å². The molecule has 0 saturated carbocycles. The Labute approximate surface area is 185 Å². The van der Waals surface area contributed by atoms with Gasteiger partial charge in [-0.25, -0.2) is 13.2 Å². The van der Waals surface area contributed by atoms with Crippen LogP contribution in [0, 0.1) is 11.8 Å². The zero-order valence-electron chi connectivity index (χ0n) is 18.6. The molecule has 1 aromatic carbocycles. The van der Waals surface area contributed by atoms with Crippen LogP contribution in [0.1, 0.15) is 32.8 Å². The molecule has 1 fully saturated rings. The summed E-state index contributed by atoms with van der Waals surface area (Å²) in [7, 11) is -2.27. The Kier molecular flexibility index (Phi) is 8.49. The highest BCUT2D eigenvalue weighted by Gasteiger charge is 2.55. The van der Waals surface area contributed by atoms with Gasteiger partial charge in [0.15, 0.2) is 0 Å². The first-order valence-electron chi connectivity index (χ1n) is 10.2. The van der Waals surface area contributed by atoms with Gasteiger partial charge in [-0.3, -0.25) is 0 Å². The van der Waals surface area contributed by atoms with Crippen molar-refractivity contribution in [1.29, 1.82) is 0 Å². The number of nitrogens with zero attached hydrogens (tertiary/aromatic N) is 2. The lowest BCUT2D eigenvalue weighted by Gasteiger charge is -2.52. The van der Waals surface area contributed by atoms with Crippen molar-refractivity contribution >= 4 is 16.1 Å². The second-order valence-electron chi connectivity index (χ2n) is 8.43. The van der Waals surface area contributed by atoms with Crippen molar-refractivity contribution in [3.05, 3.63) is 35.9 Å².